The molecular formula is C54H56F18N10O2. The predicted molar refractivity (Wildman–Crippen MR) is 266 cm³/mol. The van der Waals surface area contributed by atoms with Gasteiger partial charge in [0.1, 0.15) is 0 Å². The zero-order valence-electron chi connectivity index (χ0n) is 45.7. The smallest absolute Gasteiger partial charge is 0.374 e. The van der Waals surface area contributed by atoms with Crippen molar-refractivity contribution in [2.24, 2.45) is 25.9 Å². The Morgan fingerprint density at radius 1 is 0.417 bits per heavy atom. The highest BCUT2D eigenvalue weighted by atomic mass is 19.4. The van der Waals surface area contributed by atoms with Crippen LogP contribution in [0, 0.1) is 11.8 Å². The summed E-state index contributed by atoms with van der Waals surface area (Å²) < 4.78 is 257. The van der Waals surface area contributed by atoms with E-state index >= 15 is 0 Å². The molecule has 2 aliphatic carbocycles. The Bertz CT molecular complexity index is 2930. The number of alkyl halides is 18. The molecule has 0 N–H and O–H groups in total. The molecule has 4 aromatic carbocycles. The predicted octanol–water partition coefficient (Wildman–Crippen LogP) is 15.1. The van der Waals surface area contributed by atoms with Crippen molar-refractivity contribution in [2.75, 3.05) is 24.0 Å². The van der Waals surface area contributed by atoms with Crippen molar-refractivity contribution >= 4 is 11.9 Å². The van der Waals surface area contributed by atoms with Crippen LogP contribution in [0.2, 0.25) is 0 Å². The SMILES string of the molecule is CO[C@@](C)(c1ccc(C(F)(F)F)cc1CN(Cc1cc(C(F)(F)F)cc(C(F)(F)F)c1)c1nnn(C)n1)C1CCCC1.CO[C@](C)(c1ccc(C(F)(F)F)cc1CN(Cc1cc(C(F)(F)F)cc(C(F)(F)F)c1)c1nnn(C)n1)C1CCCC1. The monoisotopic (exact) mass is 1220 g/mol. The van der Waals surface area contributed by atoms with Crippen molar-refractivity contribution in [3.05, 3.63) is 140 Å². The number of benzene rings is 4. The summed E-state index contributed by atoms with van der Waals surface area (Å²) >= 11 is 0. The van der Waals surface area contributed by atoms with E-state index in [1.165, 1.54) is 50.2 Å². The van der Waals surface area contributed by atoms with E-state index in [4.69, 9.17) is 9.47 Å². The molecule has 2 saturated carbocycles. The number of hydrogen-bond donors (Lipinski definition) is 0. The summed E-state index contributed by atoms with van der Waals surface area (Å²) in [5, 5.41) is 23.1. The minimum atomic E-state index is -5.08. The second-order valence-electron chi connectivity index (χ2n) is 21.0. The lowest BCUT2D eigenvalue weighted by Crippen LogP contribution is -2.35. The number of tetrazole rings is 2. The molecule has 2 aromatic heterocycles. The van der Waals surface area contributed by atoms with Crippen LogP contribution >= 0.6 is 0 Å². The summed E-state index contributed by atoms with van der Waals surface area (Å²) in [6.07, 6.45) is -23.1. The van der Waals surface area contributed by atoms with Crippen LogP contribution in [0.5, 0.6) is 0 Å². The first-order chi connectivity index (χ1) is 38.8. The number of ether oxygens (including phenoxy) is 2. The summed E-state index contributed by atoms with van der Waals surface area (Å²) in [5.74, 6) is -0.462. The second kappa shape index (κ2) is 24.3. The molecule has 460 valence electrons. The Morgan fingerprint density at radius 3 is 0.940 bits per heavy atom. The van der Waals surface area contributed by atoms with E-state index in [2.05, 4.69) is 30.8 Å². The van der Waals surface area contributed by atoms with E-state index < -0.39 is 119 Å². The Morgan fingerprint density at radius 2 is 0.702 bits per heavy atom. The Labute approximate surface area is 469 Å². The third-order valence-electron chi connectivity index (χ3n) is 15.4. The van der Waals surface area contributed by atoms with Crippen molar-refractivity contribution in [3.8, 4) is 0 Å². The van der Waals surface area contributed by atoms with E-state index in [0.717, 1.165) is 85.2 Å². The van der Waals surface area contributed by atoms with Gasteiger partial charge in [0.15, 0.2) is 0 Å². The maximum absolute atomic E-state index is 13.8. The summed E-state index contributed by atoms with van der Waals surface area (Å²) in [6.45, 7) is 1.55. The number of rotatable bonds is 16. The highest BCUT2D eigenvalue weighted by molar-refractivity contribution is 5.45. The quantitative estimate of drug-likeness (QED) is 0.0868. The molecule has 0 bridgehead atoms. The van der Waals surface area contributed by atoms with Crippen LogP contribution in [-0.4, -0.2) is 54.6 Å². The van der Waals surface area contributed by atoms with Gasteiger partial charge < -0.3 is 19.3 Å². The third kappa shape index (κ3) is 15.2. The highest BCUT2D eigenvalue weighted by Crippen LogP contribution is 2.48. The average Bonchev–Trinajstić information content (AvgIpc) is 1.97. The van der Waals surface area contributed by atoms with Crippen LogP contribution in [0.15, 0.2) is 72.8 Å². The molecule has 0 spiro atoms. The first-order valence-electron chi connectivity index (χ1n) is 25.9. The van der Waals surface area contributed by atoms with Crippen LogP contribution in [0.25, 0.3) is 0 Å². The van der Waals surface area contributed by atoms with Crippen LogP contribution < -0.4 is 9.80 Å². The Kier molecular flexibility index (Phi) is 18.8. The van der Waals surface area contributed by atoms with Gasteiger partial charge in [-0.2, -0.15) is 88.6 Å². The van der Waals surface area contributed by atoms with Gasteiger partial charge in [0.05, 0.1) is 58.7 Å². The lowest BCUT2D eigenvalue weighted by molar-refractivity contribution is -0.144. The maximum Gasteiger partial charge on any atom is 0.416 e. The second-order valence-corrected chi connectivity index (χ2v) is 21.0. The number of nitrogens with zero attached hydrogens (tertiary/aromatic N) is 10. The van der Waals surface area contributed by atoms with Crippen molar-refractivity contribution < 1.29 is 88.5 Å². The zero-order valence-corrected chi connectivity index (χ0v) is 45.7. The van der Waals surface area contributed by atoms with Gasteiger partial charge in [0, 0.05) is 40.4 Å². The zero-order chi connectivity index (χ0) is 62.2. The number of aryl methyl sites for hydroxylation is 2. The topological polar surface area (TPSA) is 112 Å². The van der Waals surface area contributed by atoms with Gasteiger partial charge in [0.2, 0.25) is 0 Å². The molecule has 2 aliphatic rings. The first-order valence-corrected chi connectivity index (χ1v) is 25.9. The van der Waals surface area contributed by atoms with E-state index in [1.54, 1.807) is 13.8 Å². The Balaban J connectivity index is 0.000000241. The molecule has 30 heteroatoms. The summed E-state index contributed by atoms with van der Waals surface area (Å²) in [6, 6.07) is 8.56. The molecule has 12 nitrogen and oxygen atoms in total. The number of anilines is 2. The molecule has 8 rings (SSSR count). The van der Waals surface area contributed by atoms with E-state index in [1.807, 2.05) is 0 Å². The van der Waals surface area contributed by atoms with Gasteiger partial charge in [0.25, 0.3) is 11.9 Å². The standard InChI is InChI=1S/2C27H28F9N5O/c2*1-24(42-3,18-6-4-5-7-18)22-9-8-19(25(28,29)30)12-17(22)15-41(23-37-39-40(2)38-23)14-16-10-20(26(31,32)33)13-21(11-16)27(34,35)36/h2*8-13,18H,4-7,14-15H2,1-3H3/t2*24-/m10/s1. The van der Waals surface area contributed by atoms with Crippen LogP contribution in [0.1, 0.15) is 132 Å². The molecule has 0 amide bonds. The molecule has 2 fully saturated rings. The summed E-state index contributed by atoms with van der Waals surface area (Å²) in [4.78, 5) is 4.40. The lowest BCUT2D eigenvalue weighted by atomic mass is 9.78. The number of halogens is 18. The fourth-order valence-corrected chi connectivity index (χ4v) is 11.0. The minimum absolute atomic E-state index is 0.00491. The fourth-order valence-electron chi connectivity index (χ4n) is 11.0. The normalized spacial score (nSPS) is 16.6. The van der Waals surface area contributed by atoms with Crippen molar-refractivity contribution in [1.82, 2.24) is 40.4 Å². The molecule has 0 radical (unpaired) electrons. The van der Waals surface area contributed by atoms with Crippen LogP contribution in [0.3, 0.4) is 0 Å². The molecule has 6 aromatic rings. The van der Waals surface area contributed by atoms with Crippen molar-refractivity contribution in [1.29, 1.82) is 0 Å². The number of methoxy groups -OCH3 is 2. The van der Waals surface area contributed by atoms with Crippen LogP contribution in [-0.2, 0) is 98.0 Å². The van der Waals surface area contributed by atoms with Gasteiger partial charge in [-0.05, 0) is 156 Å². The summed E-state index contributed by atoms with van der Waals surface area (Å²) in [5.41, 5.74) is -9.82. The van der Waals surface area contributed by atoms with Gasteiger partial charge >= 0.3 is 37.1 Å². The van der Waals surface area contributed by atoms with Gasteiger partial charge in [-0.1, -0.05) is 48.0 Å². The third-order valence-corrected chi connectivity index (χ3v) is 15.4. The Hall–Kier alpha value is -6.72. The molecule has 0 saturated heterocycles. The molecular weight excluding hydrogens is 1160 g/mol. The molecule has 84 heavy (non-hydrogen) atoms. The molecule has 0 unspecified atom stereocenters. The summed E-state index contributed by atoms with van der Waals surface area (Å²) in [7, 11) is 5.67. The number of hydrogen-bond acceptors (Lipinski definition) is 10. The fraction of sp³-hybridized carbons (Fsp3) is 0.519. The van der Waals surface area contributed by atoms with Gasteiger partial charge in [-0.15, -0.1) is 10.2 Å². The minimum Gasteiger partial charge on any atom is -0.374 e. The van der Waals surface area contributed by atoms with Gasteiger partial charge in [-0.3, -0.25) is 0 Å². The maximum atomic E-state index is 13.8. The largest absolute Gasteiger partial charge is 0.416 e. The van der Waals surface area contributed by atoms with Crippen LogP contribution in [0.4, 0.5) is 90.9 Å². The lowest BCUT2D eigenvalue weighted by Gasteiger charge is -2.37. The average molecular weight is 1220 g/mol. The van der Waals surface area contributed by atoms with Crippen molar-refractivity contribution in [2.45, 2.75) is 140 Å². The van der Waals surface area contributed by atoms with E-state index in [0.29, 0.717) is 35.4 Å². The van der Waals surface area contributed by atoms with E-state index in [-0.39, 0.29) is 47.0 Å². The van der Waals surface area contributed by atoms with E-state index in [9.17, 15) is 79.0 Å². The molecule has 2 heterocycles. The highest BCUT2D eigenvalue weighted by Gasteiger charge is 2.44. The van der Waals surface area contributed by atoms with Gasteiger partial charge in [-0.25, -0.2) is 0 Å². The number of aromatic nitrogens is 8. The molecule has 0 aliphatic heterocycles. The van der Waals surface area contributed by atoms with Crippen molar-refractivity contribution in [3.63, 3.8) is 0 Å². The first kappa shape index (κ1) is 64.8. The molecule has 2 atom stereocenters.